The predicted octanol–water partition coefficient (Wildman–Crippen LogP) is 4.67. The number of nitrogens with two attached hydrogens (primary N) is 1. The van der Waals surface area contributed by atoms with Gasteiger partial charge in [0.1, 0.15) is 5.82 Å². The SMILES string of the molecule is NC(CC1CC2CCC1C2)c1cc(F)ccc1C(F)(F)F. The molecule has 2 fully saturated rings. The van der Waals surface area contributed by atoms with Gasteiger partial charge in [0.25, 0.3) is 0 Å². The molecule has 2 N–H and O–H groups in total. The fraction of sp³-hybridized carbons (Fsp3) is 0.625. The van der Waals surface area contributed by atoms with Crippen LogP contribution in [0.2, 0.25) is 0 Å². The Hall–Kier alpha value is -1.10. The van der Waals surface area contributed by atoms with Crippen LogP contribution in [0.3, 0.4) is 0 Å². The number of fused-ring (bicyclic) bond motifs is 2. The zero-order valence-corrected chi connectivity index (χ0v) is 11.7. The minimum atomic E-state index is -4.49. The zero-order valence-electron chi connectivity index (χ0n) is 11.7. The number of halogens is 4. The topological polar surface area (TPSA) is 26.0 Å². The van der Waals surface area contributed by atoms with Gasteiger partial charge in [0, 0.05) is 6.04 Å². The Morgan fingerprint density at radius 1 is 1.19 bits per heavy atom. The summed E-state index contributed by atoms with van der Waals surface area (Å²) in [7, 11) is 0. The van der Waals surface area contributed by atoms with Crippen LogP contribution in [0.1, 0.15) is 49.3 Å². The van der Waals surface area contributed by atoms with Crippen molar-refractivity contribution in [2.75, 3.05) is 0 Å². The third-order valence-corrected chi connectivity index (χ3v) is 5.16. The minimum Gasteiger partial charge on any atom is -0.324 e. The van der Waals surface area contributed by atoms with Gasteiger partial charge >= 0.3 is 6.18 Å². The molecule has 0 heterocycles. The van der Waals surface area contributed by atoms with Crippen molar-refractivity contribution in [2.45, 2.75) is 44.3 Å². The van der Waals surface area contributed by atoms with Crippen LogP contribution in [0.4, 0.5) is 17.6 Å². The summed E-state index contributed by atoms with van der Waals surface area (Å²) >= 11 is 0. The van der Waals surface area contributed by atoms with Crippen molar-refractivity contribution in [2.24, 2.45) is 23.5 Å². The molecule has 0 saturated heterocycles. The molecule has 0 amide bonds. The summed E-state index contributed by atoms with van der Waals surface area (Å²) in [5, 5.41) is 0. The lowest BCUT2D eigenvalue weighted by molar-refractivity contribution is -0.138. The summed E-state index contributed by atoms with van der Waals surface area (Å²) < 4.78 is 52.4. The van der Waals surface area contributed by atoms with Crippen molar-refractivity contribution in [3.63, 3.8) is 0 Å². The second-order valence-electron chi connectivity index (χ2n) is 6.51. The van der Waals surface area contributed by atoms with Crippen LogP contribution in [0.15, 0.2) is 18.2 Å². The Balaban J connectivity index is 1.80. The molecule has 0 spiro atoms. The van der Waals surface area contributed by atoms with E-state index in [1.807, 2.05) is 0 Å². The summed E-state index contributed by atoms with van der Waals surface area (Å²) in [5.41, 5.74) is 5.09. The van der Waals surface area contributed by atoms with Crippen molar-refractivity contribution in [1.29, 1.82) is 0 Å². The lowest BCUT2D eigenvalue weighted by atomic mass is 9.82. The smallest absolute Gasteiger partial charge is 0.324 e. The molecule has 0 aromatic heterocycles. The highest BCUT2D eigenvalue weighted by molar-refractivity contribution is 5.33. The van der Waals surface area contributed by atoms with Gasteiger partial charge < -0.3 is 5.73 Å². The molecule has 0 radical (unpaired) electrons. The predicted molar refractivity (Wildman–Crippen MR) is 71.9 cm³/mol. The van der Waals surface area contributed by atoms with E-state index in [0.29, 0.717) is 18.3 Å². The maximum Gasteiger partial charge on any atom is 0.416 e. The van der Waals surface area contributed by atoms with Crippen molar-refractivity contribution < 1.29 is 17.6 Å². The Kier molecular flexibility index (Phi) is 3.72. The third-order valence-electron chi connectivity index (χ3n) is 5.16. The number of hydrogen-bond donors (Lipinski definition) is 1. The van der Waals surface area contributed by atoms with Crippen molar-refractivity contribution in [1.82, 2.24) is 0 Å². The molecule has 4 atom stereocenters. The summed E-state index contributed by atoms with van der Waals surface area (Å²) in [6, 6.07) is 1.84. The van der Waals surface area contributed by atoms with Crippen LogP contribution in [0.25, 0.3) is 0 Å². The first-order chi connectivity index (χ1) is 9.84. The molecule has 1 aromatic carbocycles. The first-order valence-corrected chi connectivity index (χ1v) is 7.47. The highest BCUT2D eigenvalue weighted by Gasteiger charge is 2.41. The van der Waals surface area contributed by atoms with Crippen LogP contribution in [-0.4, -0.2) is 0 Å². The number of benzene rings is 1. The van der Waals surface area contributed by atoms with Crippen LogP contribution in [0, 0.1) is 23.6 Å². The van der Waals surface area contributed by atoms with E-state index in [1.165, 1.54) is 12.8 Å². The van der Waals surface area contributed by atoms with Crippen molar-refractivity contribution in [3.8, 4) is 0 Å². The van der Waals surface area contributed by atoms with Crippen molar-refractivity contribution in [3.05, 3.63) is 35.1 Å². The largest absolute Gasteiger partial charge is 0.416 e. The van der Waals surface area contributed by atoms with Gasteiger partial charge in [0.15, 0.2) is 0 Å². The summed E-state index contributed by atoms with van der Waals surface area (Å²) in [6.07, 6.45) is 0.687. The molecular formula is C16H19F4N. The molecule has 2 bridgehead atoms. The molecule has 116 valence electrons. The summed E-state index contributed by atoms with van der Waals surface area (Å²) in [6.45, 7) is 0. The molecule has 3 rings (SSSR count). The van der Waals surface area contributed by atoms with Crippen LogP contribution in [-0.2, 0) is 6.18 Å². The van der Waals surface area contributed by atoms with E-state index in [0.717, 1.165) is 37.0 Å². The van der Waals surface area contributed by atoms with Crippen LogP contribution < -0.4 is 5.73 Å². The Labute approximate surface area is 121 Å². The van der Waals surface area contributed by atoms with Gasteiger partial charge in [-0.1, -0.05) is 6.42 Å². The van der Waals surface area contributed by atoms with E-state index >= 15 is 0 Å². The standard InChI is InChI=1S/C16H19F4N/c17-12-3-4-14(16(18,19)20)13(8-12)15(21)7-11-6-9-1-2-10(11)5-9/h3-4,8-11,15H,1-2,5-7,21H2. The average molecular weight is 301 g/mol. The van der Waals surface area contributed by atoms with Crippen molar-refractivity contribution >= 4 is 0 Å². The first kappa shape index (κ1) is 14.8. The maximum atomic E-state index is 13.3. The molecular weight excluding hydrogens is 282 g/mol. The second-order valence-corrected chi connectivity index (χ2v) is 6.51. The Morgan fingerprint density at radius 3 is 2.52 bits per heavy atom. The number of alkyl halides is 3. The van der Waals surface area contributed by atoms with E-state index in [9.17, 15) is 17.6 Å². The van der Waals surface area contributed by atoms with E-state index in [-0.39, 0.29) is 5.56 Å². The zero-order chi connectivity index (χ0) is 15.2. The van der Waals surface area contributed by atoms with Crippen LogP contribution in [0.5, 0.6) is 0 Å². The number of rotatable bonds is 3. The monoisotopic (exact) mass is 301 g/mol. The molecule has 1 nitrogen and oxygen atoms in total. The Morgan fingerprint density at radius 2 is 1.95 bits per heavy atom. The normalized spacial score (nSPS) is 29.9. The fourth-order valence-corrected chi connectivity index (χ4v) is 4.22. The minimum absolute atomic E-state index is 0.106. The molecule has 2 aliphatic rings. The van der Waals surface area contributed by atoms with Gasteiger partial charge in [-0.2, -0.15) is 13.2 Å². The quantitative estimate of drug-likeness (QED) is 0.807. The highest BCUT2D eigenvalue weighted by Crippen LogP contribution is 2.51. The van der Waals surface area contributed by atoms with E-state index in [2.05, 4.69) is 0 Å². The highest BCUT2D eigenvalue weighted by atomic mass is 19.4. The van der Waals surface area contributed by atoms with Gasteiger partial charge in [0.2, 0.25) is 0 Å². The van der Waals surface area contributed by atoms with E-state index in [1.54, 1.807) is 0 Å². The number of hydrogen-bond acceptors (Lipinski definition) is 1. The Bertz CT molecular complexity index is 525. The molecule has 5 heteroatoms. The van der Waals surface area contributed by atoms with E-state index in [4.69, 9.17) is 5.73 Å². The molecule has 2 saturated carbocycles. The molecule has 21 heavy (non-hydrogen) atoms. The lowest BCUT2D eigenvalue weighted by Gasteiger charge is -2.26. The fourth-order valence-electron chi connectivity index (χ4n) is 4.22. The van der Waals surface area contributed by atoms with Crippen LogP contribution >= 0.6 is 0 Å². The molecule has 2 aliphatic carbocycles. The lowest BCUT2D eigenvalue weighted by Crippen LogP contribution is -2.22. The molecule has 0 aliphatic heterocycles. The van der Waals surface area contributed by atoms with Gasteiger partial charge in [-0.05, 0) is 67.2 Å². The second kappa shape index (κ2) is 5.27. The van der Waals surface area contributed by atoms with Gasteiger partial charge in [-0.15, -0.1) is 0 Å². The maximum absolute atomic E-state index is 13.3. The van der Waals surface area contributed by atoms with Gasteiger partial charge in [-0.25, -0.2) is 4.39 Å². The summed E-state index contributed by atoms with van der Waals surface area (Å²) in [4.78, 5) is 0. The third kappa shape index (κ3) is 2.93. The molecule has 1 aromatic rings. The average Bonchev–Trinajstić information content (AvgIpc) is 2.99. The first-order valence-electron chi connectivity index (χ1n) is 7.47. The molecule has 4 unspecified atom stereocenters. The van der Waals surface area contributed by atoms with E-state index < -0.39 is 23.6 Å². The van der Waals surface area contributed by atoms with Gasteiger partial charge in [-0.3, -0.25) is 0 Å². The summed E-state index contributed by atoms with van der Waals surface area (Å²) in [5.74, 6) is 1.05. The van der Waals surface area contributed by atoms with Gasteiger partial charge in [0.05, 0.1) is 5.56 Å².